The van der Waals surface area contributed by atoms with E-state index >= 15 is 0 Å². The van der Waals surface area contributed by atoms with Gasteiger partial charge < -0.3 is 10.6 Å². The summed E-state index contributed by atoms with van der Waals surface area (Å²) in [7, 11) is 0. The van der Waals surface area contributed by atoms with Crippen LogP contribution in [-0.4, -0.2) is 10.9 Å². The highest BCUT2D eigenvalue weighted by Gasteiger charge is 2.08. The molecule has 0 saturated carbocycles. The van der Waals surface area contributed by atoms with Crippen LogP contribution in [0, 0.1) is 11.3 Å². The largest absolute Gasteiger partial charge is 0.354 e. The lowest BCUT2D eigenvalue weighted by molar-refractivity contribution is 0.102. The minimum absolute atomic E-state index is 0.259. The fourth-order valence-corrected chi connectivity index (χ4v) is 2.58. The minimum Gasteiger partial charge on any atom is -0.354 e. The van der Waals surface area contributed by atoms with E-state index in [0.717, 1.165) is 17.1 Å². The van der Waals surface area contributed by atoms with Gasteiger partial charge in [0.15, 0.2) is 0 Å². The van der Waals surface area contributed by atoms with Crippen LogP contribution >= 0.6 is 0 Å². The number of nitriles is 1. The number of amides is 1. The molecule has 0 radical (unpaired) electrons. The van der Waals surface area contributed by atoms with Gasteiger partial charge >= 0.3 is 0 Å². The number of nitrogens with zero attached hydrogens (tertiary/aromatic N) is 2. The van der Waals surface area contributed by atoms with Gasteiger partial charge in [0.05, 0.1) is 23.5 Å². The Morgan fingerprint density at radius 2 is 1.74 bits per heavy atom. The summed E-state index contributed by atoms with van der Waals surface area (Å²) in [5.41, 5.74) is 4.40. The second-order valence-corrected chi connectivity index (χ2v) is 6.48. The van der Waals surface area contributed by atoms with Crippen molar-refractivity contribution >= 4 is 23.0 Å². The Bertz CT molecular complexity index is 970. The smallest absolute Gasteiger partial charge is 0.274 e. The lowest BCUT2D eigenvalue weighted by atomic mass is 10.0. The van der Waals surface area contributed by atoms with Crippen molar-refractivity contribution in [2.75, 3.05) is 10.6 Å². The molecule has 2 N–H and O–H groups in total. The predicted molar refractivity (Wildman–Crippen MR) is 107 cm³/mol. The number of pyridine rings is 1. The SMILES string of the molecule is CC(C)c1ccc(NC(=O)c2ccc(Nc3cccc(C#N)c3)cn2)cc1. The van der Waals surface area contributed by atoms with Gasteiger partial charge in [0.1, 0.15) is 5.69 Å². The second kappa shape index (κ2) is 8.15. The number of aromatic nitrogens is 1. The summed E-state index contributed by atoms with van der Waals surface area (Å²) in [6.45, 7) is 4.26. The Morgan fingerprint density at radius 1 is 1.00 bits per heavy atom. The number of hydrogen-bond donors (Lipinski definition) is 2. The fourth-order valence-electron chi connectivity index (χ4n) is 2.58. The molecule has 2 aromatic carbocycles. The molecule has 5 nitrogen and oxygen atoms in total. The van der Waals surface area contributed by atoms with Crippen LogP contribution in [0.25, 0.3) is 0 Å². The number of nitrogens with one attached hydrogen (secondary N) is 2. The molecule has 0 aliphatic carbocycles. The quantitative estimate of drug-likeness (QED) is 0.669. The van der Waals surface area contributed by atoms with E-state index in [1.807, 2.05) is 30.3 Å². The lowest BCUT2D eigenvalue weighted by Gasteiger charge is -2.09. The van der Waals surface area contributed by atoms with Crippen molar-refractivity contribution in [1.82, 2.24) is 4.98 Å². The van der Waals surface area contributed by atoms with Gasteiger partial charge in [-0.1, -0.05) is 32.0 Å². The topological polar surface area (TPSA) is 77.8 Å². The summed E-state index contributed by atoms with van der Waals surface area (Å²) in [5.74, 6) is 0.190. The third kappa shape index (κ3) is 4.71. The molecule has 0 saturated heterocycles. The molecule has 3 rings (SSSR count). The molecule has 0 bridgehead atoms. The molecular formula is C22H20N4O. The molecule has 0 spiro atoms. The van der Waals surface area contributed by atoms with Crippen molar-refractivity contribution in [2.24, 2.45) is 0 Å². The van der Waals surface area contributed by atoms with Crippen LogP contribution in [0.4, 0.5) is 17.1 Å². The first-order valence-corrected chi connectivity index (χ1v) is 8.70. The average molecular weight is 356 g/mol. The molecule has 1 heterocycles. The Balaban J connectivity index is 1.65. The molecule has 3 aromatic rings. The summed E-state index contributed by atoms with van der Waals surface area (Å²) in [4.78, 5) is 16.6. The number of hydrogen-bond acceptors (Lipinski definition) is 4. The maximum absolute atomic E-state index is 12.4. The maximum atomic E-state index is 12.4. The van der Waals surface area contributed by atoms with E-state index in [-0.39, 0.29) is 5.91 Å². The summed E-state index contributed by atoms with van der Waals surface area (Å²) >= 11 is 0. The molecule has 5 heteroatoms. The van der Waals surface area contributed by atoms with Crippen molar-refractivity contribution in [3.8, 4) is 6.07 Å². The van der Waals surface area contributed by atoms with Crippen LogP contribution < -0.4 is 10.6 Å². The maximum Gasteiger partial charge on any atom is 0.274 e. The van der Waals surface area contributed by atoms with E-state index in [2.05, 4.69) is 35.5 Å². The highest BCUT2D eigenvalue weighted by atomic mass is 16.1. The van der Waals surface area contributed by atoms with Gasteiger partial charge in [-0.05, 0) is 53.9 Å². The third-order valence-electron chi connectivity index (χ3n) is 4.11. The molecule has 0 aliphatic heterocycles. The van der Waals surface area contributed by atoms with Crippen molar-refractivity contribution in [2.45, 2.75) is 19.8 Å². The van der Waals surface area contributed by atoms with Crippen molar-refractivity contribution < 1.29 is 4.79 Å². The normalized spacial score (nSPS) is 10.3. The summed E-state index contributed by atoms with van der Waals surface area (Å²) in [6, 6.07) is 20.5. The van der Waals surface area contributed by atoms with Crippen LogP contribution in [0.5, 0.6) is 0 Å². The molecule has 27 heavy (non-hydrogen) atoms. The van der Waals surface area contributed by atoms with Gasteiger partial charge in [0, 0.05) is 11.4 Å². The number of benzene rings is 2. The van der Waals surface area contributed by atoms with Crippen LogP contribution in [0.1, 0.15) is 41.4 Å². The van der Waals surface area contributed by atoms with Crippen LogP contribution in [0.15, 0.2) is 66.9 Å². The van der Waals surface area contributed by atoms with E-state index in [0.29, 0.717) is 17.2 Å². The van der Waals surface area contributed by atoms with Gasteiger partial charge in [-0.3, -0.25) is 4.79 Å². The van der Waals surface area contributed by atoms with Crippen molar-refractivity contribution in [1.29, 1.82) is 5.26 Å². The number of carbonyl (C=O) groups is 1. The zero-order valence-corrected chi connectivity index (χ0v) is 15.2. The molecular weight excluding hydrogens is 336 g/mol. The molecule has 134 valence electrons. The highest BCUT2D eigenvalue weighted by Crippen LogP contribution is 2.19. The lowest BCUT2D eigenvalue weighted by Crippen LogP contribution is -2.13. The van der Waals surface area contributed by atoms with Crippen LogP contribution in [0.3, 0.4) is 0 Å². The molecule has 1 aromatic heterocycles. The molecule has 0 unspecified atom stereocenters. The second-order valence-electron chi connectivity index (χ2n) is 6.48. The van der Waals surface area contributed by atoms with E-state index < -0.39 is 0 Å². The zero-order valence-electron chi connectivity index (χ0n) is 15.2. The van der Waals surface area contributed by atoms with Crippen LogP contribution in [-0.2, 0) is 0 Å². The fraction of sp³-hybridized carbons (Fsp3) is 0.136. The Kier molecular flexibility index (Phi) is 5.48. The van der Waals surface area contributed by atoms with E-state index in [4.69, 9.17) is 5.26 Å². The molecule has 1 amide bonds. The first kappa shape index (κ1) is 18.2. The van der Waals surface area contributed by atoms with E-state index in [9.17, 15) is 4.79 Å². The van der Waals surface area contributed by atoms with Crippen molar-refractivity contribution in [3.63, 3.8) is 0 Å². The van der Waals surface area contributed by atoms with Crippen molar-refractivity contribution in [3.05, 3.63) is 83.7 Å². The first-order valence-electron chi connectivity index (χ1n) is 8.70. The predicted octanol–water partition coefficient (Wildman–Crippen LogP) is 5.07. The number of carbonyl (C=O) groups excluding carboxylic acids is 1. The molecule has 0 atom stereocenters. The van der Waals surface area contributed by atoms with Gasteiger partial charge in [-0.25, -0.2) is 4.98 Å². The van der Waals surface area contributed by atoms with Gasteiger partial charge in [-0.2, -0.15) is 5.26 Å². The van der Waals surface area contributed by atoms with Gasteiger partial charge in [-0.15, -0.1) is 0 Å². The summed E-state index contributed by atoms with van der Waals surface area (Å²) < 4.78 is 0. The van der Waals surface area contributed by atoms with E-state index in [1.54, 1.807) is 36.5 Å². The monoisotopic (exact) mass is 356 g/mol. The van der Waals surface area contributed by atoms with E-state index in [1.165, 1.54) is 5.56 Å². The first-order chi connectivity index (χ1) is 13.0. The Hall–Kier alpha value is -3.65. The third-order valence-corrected chi connectivity index (χ3v) is 4.11. The standard InChI is InChI=1S/C22H20N4O/c1-15(2)17-6-8-18(9-7-17)26-22(27)21-11-10-20(14-24-21)25-19-5-3-4-16(12-19)13-23/h3-12,14-15,25H,1-2H3,(H,26,27). The summed E-state index contributed by atoms with van der Waals surface area (Å²) in [6.07, 6.45) is 1.59. The minimum atomic E-state index is -0.259. The Labute approximate surface area is 158 Å². The van der Waals surface area contributed by atoms with Gasteiger partial charge in [0.2, 0.25) is 0 Å². The van der Waals surface area contributed by atoms with Gasteiger partial charge in [0.25, 0.3) is 5.91 Å². The highest BCUT2D eigenvalue weighted by molar-refractivity contribution is 6.02. The Morgan fingerprint density at radius 3 is 2.37 bits per heavy atom. The summed E-state index contributed by atoms with van der Waals surface area (Å²) in [5, 5.41) is 15.0. The average Bonchev–Trinajstić information content (AvgIpc) is 2.69. The number of anilines is 3. The van der Waals surface area contributed by atoms with Crippen LogP contribution in [0.2, 0.25) is 0 Å². The molecule has 0 aliphatic rings. The zero-order chi connectivity index (χ0) is 19.2. The number of rotatable bonds is 5. The molecule has 0 fully saturated rings.